The summed E-state index contributed by atoms with van der Waals surface area (Å²) in [6.07, 6.45) is 1.27. The minimum absolute atomic E-state index is 0.761. The molecule has 0 radical (unpaired) electrons. The monoisotopic (exact) mass is 220 g/mol. The summed E-state index contributed by atoms with van der Waals surface area (Å²) in [4.78, 5) is 0. The molecule has 1 aromatic rings. The summed E-state index contributed by atoms with van der Waals surface area (Å²) in [5.41, 5.74) is 3.84. The maximum atomic E-state index is 5.31. The Balaban J connectivity index is 2.44. The molecule has 1 unspecified atom stereocenters. The average Bonchev–Trinajstić information content (AvgIpc) is 2.24. The topological polar surface area (TPSA) is 9.23 Å². The van der Waals surface area contributed by atoms with Crippen LogP contribution in [0.1, 0.15) is 23.6 Å². The van der Waals surface area contributed by atoms with Gasteiger partial charge in [0.1, 0.15) is 5.75 Å². The minimum atomic E-state index is -1.04. The van der Waals surface area contributed by atoms with Gasteiger partial charge in [0.25, 0.3) is 0 Å². The molecule has 1 atom stereocenters. The third-order valence-corrected chi connectivity index (χ3v) is 8.22. The van der Waals surface area contributed by atoms with Crippen LogP contribution in [0, 0.1) is 0 Å². The van der Waals surface area contributed by atoms with E-state index in [0.717, 1.165) is 11.3 Å². The van der Waals surface area contributed by atoms with Crippen molar-refractivity contribution in [2.24, 2.45) is 0 Å². The molecule has 0 bridgehead atoms. The lowest BCUT2D eigenvalue weighted by Crippen LogP contribution is -2.37. The molecule has 15 heavy (non-hydrogen) atoms. The van der Waals surface area contributed by atoms with Crippen LogP contribution in [0.3, 0.4) is 0 Å². The molecule has 0 aromatic heterocycles. The summed E-state index contributed by atoms with van der Waals surface area (Å²) in [6, 6.07) is 8.00. The summed E-state index contributed by atoms with van der Waals surface area (Å²) in [7, 11) is 0.711. The molecular formula is C13H20OSi. The lowest BCUT2D eigenvalue weighted by atomic mass is 10.0. The second kappa shape index (κ2) is 3.67. The van der Waals surface area contributed by atoms with Gasteiger partial charge in [-0.1, -0.05) is 32.1 Å². The van der Waals surface area contributed by atoms with Crippen LogP contribution >= 0.6 is 0 Å². The quantitative estimate of drug-likeness (QED) is 0.657. The zero-order chi connectivity index (χ0) is 11.1. The van der Waals surface area contributed by atoms with Crippen molar-refractivity contribution in [1.82, 2.24) is 0 Å². The Bertz CT molecular complexity index is 371. The molecular weight excluding hydrogens is 200 g/mol. The number of rotatable bonds is 1. The molecule has 0 saturated heterocycles. The smallest absolute Gasteiger partial charge is 0.119 e. The van der Waals surface area contributed by atoms with E-state index in [1.807, 2.05) is 0 Å². The second-order valence-electron chi connectivity index (χ2n) is 5.28. The van der Waals surface area contributed by atoms with Gasteiger partial charge in [-0.05, 0) is 35.2 Å². The molecule has 0 saturated carbocycles. The molecule has 1 aromatic carbocycles. The molecule has 2 heteroatoms. The summed E-state index contributed by atoms with van der Waals surface area (Å²) in [5, 5.41) is 0. The van der Waals surface area contributed by atoms with Crippen molar-refractivity contribution >= 4 is 8.07 Å². The molecule has 0 spiro atoms. The van der Waals surface area contributed by atoms with E-state index in [4.69, 9.17) is 4.74 Å². The lowest BCUT2D eigenvalue weighted by molar-refractivity contribution is 0.414. The van der Waals surface area contributed by atoms with Gasteiger partial charge in [-0.3, -0.25) is 0 Å². The molecule has 82 valence electrons. The van der Waals surface area contributed by atoms with E-state index in [1.54, 1.807) is 7.11 Å². The van der Waals surface area contributed by atoms with Crippen LogP contribution in [0.4, 0.5) is 0 Å². The van der Waals surface area contributed by atoms with Crippen molar-refractivity contribution in [2.45, 2.75) is 38.0 Å². The summed E-state index contributed by atoms with van der Waals surface area (Å²) in [5.74, 6) is 1.01. The number of hydrogen-bond acceptors (Lipinski definition) is 1. The molecule has 1 nitrogen and oxygen atoms in total. The highest BCUT2D eigenvalue weighted by atomic mass is 28.3. The fraction of sp³-hybridized carbons (Fsp3) is 0.538. The molecule has 1 heterocycles. The first kappa shape index (κ1) is 10.7. The fourth-order valence-corrected chi connectivity index (χ4v) is 4.88. The van der Waals surface area contributed by atoms with Crippen molar-refractivity contribution in [2.75, 3.05) is 7.11 Å². The first-order chi connectivity index (χ1) is 7.04. The molecule has 0 N–H and O–H groups in total. The number of aryl methyl sites for hydroxylation is 1. The third kappa shape index (κ3) is 1.83. The van der Waals surface area contributed by atoms with Crippen LogP contribution in [-0.2, 0) is 6.42 Å². The van der Waals surface area contributed by atoms with Crippen molar-refractivity contribution in [3.8, 4) is 5.75 Å². The van der Waals surface area contributed by atoms with Gasteiger partial charge in [0.05, 0.1) is 15.2 Å². The minimum Gasteiger partial charge on any atom is -0.497 e. The van der Waals surface area contributed by atoms with Gasteiger partial charge in [0.2, 0.25) is 0 Å². The van der Waals surface area contributed by atoms with E-state index in [9.17, 15) is 0 Å². The predicted molar refractivity (Wildman–Crippen MR) is 67.4 cm³/mol. The summed E-state index contributed by atoms with van der Waals surface area (Å²) in [6.45, 7) is 7.39. The van der Waals surface area contributed by atoms with Gasteiger partial charge in [0.15, 0.2) is 0 Å². The SMILES string of the molecule is COc1ccc2c(c1)C(C)[Si](C)(C)CC2. The maximum absolute atomic E-state index is 5.31. The zero-order valence-corrected chi connectivity index (χ0v) is 11.1. The van der Waals surface area contributed by atoms with Gasteiger partial charge in [-0.25, -0.2) is 0 Å². The molecule has 1 aliphatic heterocycles. The highest BCUT2D eigenvalue weighted by Gasteiger charge is 2.34. The Kier molecular flexibility index (Phi) is 2.63. The average molecular weight is 220 g/mol. The normalized spacial score (nSPS) is 23.3. The standard InChI is InChI=1S/C13H20OSi/c1-10-13-9-12(14-2)6-5-11(13)7-8-15(10,3)4/h5-6,9-10H,7-8H2,1-4H3. The summed E-state index contributed by atoms with van der Waals surface area (Å²) >= 11 is 0. The van der Waals surface area contributed by atoms with Crippen molar-refractivity contribution < 1.29 is 4.74 Å². The van der Waals surface area contributed by atoms with Crippen LogP contribution < -0.4 is 4.74 Å². The highest BCUT2D eigenvalue weighted by Crippen LogP contribution is 2.39. The Labute approximate surface area is 93.5 Å². The van der Waals surface area contributed by atoms with E-state index < -0.39 is 8.07 Å². The van der Waals surface area contributed by atoms with E-state index >= 15 is 0 Å². The fourth-order valence-electron chi connectivity index (χ4n) is 2.43. The number of hydrogen-bond donors (Lipinski definition) is 0. The first-order valence-corrected chi connectivity index (χ1v) is 9.00. The number of benzene rings is 1. The van der Waals surface area contributed by atoms with Crippen LogP contribution in [0.15, 0.2) is 18.2 Å². The predicted octanol–water partition coefficient (Wildman–Crippen LogP) is 3.60. The Morgan fingerprint density at radius 2 is 2.07 bits per heavy atom. The highest BCUT2D eigenvalue weighted by molar-refractivity contribution is 6.79. The molecule has 0 aliphatic carbocycles. The Morgan fingerprint density at radius 1 is 1.33 bits per heavy atom. The van der Waals surface area contributed by atoms with Crippen molar-refractivity contribution in [1.29, 1.82) is 0 Å². The lowest BCUT2D eigenvalue weighted by Gasteiger charge is -2.36. The molecule has 0 fully saturated rings. The van der Waals surface area contributed by atoms with Crippen molar-refractivity contribution in [3.05, 3.63) is 29.3 Å². The number of methoxy groups -OCH3 is 1. The largest absolute Gasteiger partial charge is 0.497 e. The number of fused-ring (bicyclic) bond motifs is 1. The first-order valence-electron chi connectivity index (χ1n) is 5.71. The maximum Gasteiger partial charge on any atom is 0.119 e. The van der Waals surface area contributed by atoms with Crippen molar-refractivity contribution in [3.63, 3.8) is 0 Å². The van der Waals surface area contributed by atoms with Crippen LogP contribution in [0.2, 0.25) is 19.1 Å². The van der Waals surface area contributed by atoms with Gasteiger partial charge in [-0.2, -0.15) is 0 Å². The van der Waals surface area contributed by atoms with E-state index in [-0.39, 0.29) is 0 Å². The number of ether oxygens (including phenoxy) is 1. The Morgan fingerprint density at radius 3 is 2.73 bits per heavy atom. The molecule has 2 rings (SSSR count). The van der Waals surface area contributed by atoms with Crippen LogP contribution in [0.25, 0.3) is 0 Å². The second-order valence-corrected chi connectivity index (χ2v) is 10.6. The van der Waals surface area contributed by atoms with E-state index in [1.165, 1.54) is 23.6 Å². The van der Waals surface area contributed by atoms with Crippen LogP contribution in [0.5, 0.6) is 5.75 Å². The van der Waals surface area contributed by atoms with E-state index in [0.29, 0.717) is 0 Å². The molecule has 0 amide bonds. The van der Waals surface area contributed by atoms with E-state index in [2.05, 4.69) is 38.2 Å². The Hall–Kier alpha value is -0.763. The zero-order valence-electron chi connectivity index (χ0n) is 10.1. The van der Waals surface area contributed by atoms with Gasteiger partial charge >= 0.3 is 0 Å². The molecule has 1 aliphatic rings. The summed E-state index contributed by atoms with van der Waals surface area (Å²) < 4.78 is 5.31. The van der Waals surface area contributed by atoms with Crippen LogP contribution in [-0.4, -0.2) is 15.2 Å². The van der Waals surface area contributed by atoms with Gasteiger partial charge in [-0.15, -0.1) is 0 Å². The van der Waals surface area contributed by atoms with Gasteiger partial charge < -0.3 is 4.74 Å². The third-order valence-electron chi connectivity index (χ3n) is 4.03. The van der Waals surface area contributed by atoms with Gasteiger partial charge in [0, 0.05) is 0 Å².